The fourth-order valence-electron chi connectivity index (χ4n) is 4.13. The summed E-state index contributed by atoms with van der Waals surface area (Å²) < 4.78 is 0. The maximum atomic E-state index is 4.38. The first-order valence-corrected chi connectivity index (χ1v) is 15.6. The second kappa shape index (κ2) is 22.8. The molecule has 3 heteroatoms. The number of aryl methyl sites for hydroxylation is 1. The molecule has 0 amide bonds. The Morgan fingerprint density at radius 3 is 2.27 bits per heavy atom. The molecule has 0 saturated carbocycles. The second-order valence-electron chi connectivity index (χ2n) is 10.7. The van der Waals surface area contributed by atoms with Crippen LogP contribution in [-0.4, -0.2) is 24.5 Å². The molecular weight excluding hydrogens is 486 g/mol. The van der Waals surface area contributed by atoms with E-state index in [4.69, 9.17) is 0 Å². The van der Waals surface area contributed by atoms with Crippen LogP contribution >= 0.6 is 0 Å². The van der Waals surface area contributed by atoms with Crippen LogP contribution < -0.4 is 10.6 Å². The van der Waals surface area contributed by atoms with Crippen molar-refractivity contribution in [2.75, 3.05) is 25.0 Å². The number of benzene rings is 1. The number of unbranched alkanes of at least 4 members (excludes halogenated alkanes) is 1. The lowest BCUT2D eigenvalue weighted by atomic mass is 10.1. The molecule has 0 fully saturated rings. The molecule has 2 rings (SSSR count). The molecule has 0 bridgehead atoms. The first-order valence-electron chi connectivity index (χ1n) is 15.6. The van der Waals surface area contributed by atoms with E-state index in [9.17, 15) is 0 Å². The van der Waals surface area contributed by atoms with Crippen LogP contribution in [0.3, 0.4) is 0 Å². The van der Waals surface area contributed by atoms with Gasteiger partial charge in [0.05, 0.1) is 5.82 Å². The monoisotopic (exact) mass is 547 g/mol. The van der Waals surface area contributed by atoms with Crippen LogP contribution in [0.25, 0.3) is 0 Å². The molecule has 1 heterocycles. The van der Waals surface area contributed by atoms with Crippen LogP contribution in [-0.2, 0) is 6.42 Å². The Hall–Kier alpha value is -2.94. The van der Waals surface area contributed by atoms with Crippen molar-refractivity contribution in [3.63, 3.8) is 0 Å². The first-order chi connectivity index (χ1) is 19.2. The van der Waals surface area contributed by atoms with Gasteiger partial charge in [-0.1, -0.05) is 103 Å². The number of anilines is 1. The van der Waals surface area contributed by atoms with Gasteiger partial charge in [-0.05, 0) is 87.3 Å². The zero-order chi connectivity index (χ0) is 30.3. The summed E-state index contributed by atoms with van der Waals surface area (Å²) in [5.41, 5.74) is 7.70. The molecule has 0 radical (unpaired) electrons. The van der Waals surface area contributed by atoms with Crippen LogP contribution in [0.1, 0.15) is 100.0 Å². The maximum absolute atomic E-state index is 4.38. The van der Waals surface area contributed by atoms with Crippen LogP contribution in [0.4, 0.5) is 5.69 Å². The normalized spacial score (nSPS) is 13.3. The van der Waals surface area contributed by atoms with E-state index in [0.29, 0.717) is 0 Å². The smallest absolute Gasteiger partial charge is 0.0986 e. The summed E-state index contributed by atoms with van der Waals surface area (Å²) in [6.07, 6.45) is 17.7. The zero-order valence-corrected chi connectivity index (χ0v) is 27.5. The molecule has 224 valence electrons. The van der Waals surface area contributed by atoms with Crippen molar-refractivity contribution in [2.45, 2.75) is 101 Å². The predicted molar refractivity (Wildman–Crippen MR) is 183 cm³/mol. The highest BCUT2D eigenvalue weighted by Gasteiger charge is 2.12. The van der Waals surface area contributed by atoms with Gasteiger partial charge in [-0.25, -0.2) is 0 Å². The van der Waals surface area contributed by atoms with E-state index in [2.05, 4.69) is 126 Å². The van der Waals surface area contributed by atoms with E-state index in [1.54, 1.807) is 0 Å². The average Bonchev–Trinajstić information content (AvgIpc) is 3.19. The minimum Gasteiger partial charge on any atom is -0.385 e. The maximum Gasteiger partial charge on any atom is 0.0986 e. The first kappa shape index (κ1) is 37.1. The molecule has 1 aromatic carbocycles. The van der Waals surface area contributed by atoms with E-state index in [1.165, 1.54) is 40.8 Å². The highest BCUT2D eigenvalue weighted by atomic mass is 15.2. The molecule has 1 aliphatic rings. The largest absolute Gasteiger partial charge is 0.385 e. The molecular formula is C37H61N3. The van der Waals surface area contributed by atoms with Gasteiger partial charge in [0.2, 0.25) is 0 Å². The Bertz CT molecular complexity index is 958. The third kappa shape index (κ3) is 16.2. The summed E-state index contributed by atoms with van der Waals surface area (Å²) in [7, 11) is 0. The summed E-state index contributed by atoms with van der Waals surface area (Å²) >= 11 is 0. The van der Waals surface area contributed by atoms with Gasteiger partial charge in [0.25, 0.3) is 0 Å². The molecule has 0 spiro atoms. The minimum absolute atomic E-state index is 0.780. The number of allylic oxidation sites excluding steroid dienone is 7. The number of nitrogens with zero attached hydrogens (tertiary/aromatic N) is 1. The quantitative estimate of drug-likeness (QED) is 0.179. The molecule has 0 aliphatic carbocycles. The third-order valence-electron chi connectivity index (χ3n) is 6.55. The number of hydrogen-bond acceptors (Lipinski definition) is 3. The summed E-state index contributed by atoms with van der Waals surface area (Å²) in [4.78, 5) is 2.39. The summed E-state index contributed by atoms with van der Waals surface area (Å²) in [5.74, 6) is 1.76. The topological polar surface area (TPSA) is 27.3 Å². The van der Waals surface area contributed by atoms with Crippen molar-refractivity contribution < 1.29 is 0 Å². The Morgan fingerprint density at radius 2 is 1.75 bits per heavy atom. The Morgan fingerprint density at radius 1 is 1.07 bits per heavy atom. The van der Waals surface area contributed by atoms with Gasteiger partial charge in [0.15, 0.2) is 0 Å². The van der Waals surface area contributed by atoms with Gasteiger partial charge >= 0.3 is 0 Å². The van der Waals surface area contributed by atoms with Crippen LogP contribution in [0.2, 0.25) is 0 Å². The Labute approximate surface area is 248 Å². The molecule has 0 atom stereocenters. The standard InChI is InChI=1S/C29H43N3.C6H12.C2H6/c1-7-10-20-32(25(6)31-28-15-12-26(11-8-2)13-16-28)22-27-14-17-29(30-19-18-27)24(5)21-23(4)9-3;1-4-5-6(2)3;1-2/h9,12-17,21,30-31H,6-8,10-11,18-20,22H2,1-5H3;4,6H,1,5H2,2-3H3;1-2H3/b23-9-,24-21-;;. The fourth-order valence-corrected chi connectivity index (χ4v) is 4.13. The van der Waals surface area contributed by atoms with Crippen LogP contribution in [0, 0.1) is 5.92 Å². The molecule has 1 aromatic rings. The summed E-state index contributed by atoms with van der Waals surface area (Å²) in [6.45, 7) is 30.1. The lowest BCUT2D eigenvalue weighted by Gasteiger charge is -2.28. The van der Waals surface area contributed by atoms with E-state index < -0.39 is 0 Å². The second-order valence-corrected chi connectivity index (χ2v) is 10.7. The molecule has 40 heavy (non-hydrogen) atoms. The number of rotatable bonds is 14. The lowest BCUT2D eigenvalue weighted by molar-refractivity contribution is 0.365. The van der Waals surface area contributed by atoms with Crippen LogP contribution in [0.15, 0.2) is 96.0 Å². The van der Waals surface area contributed by atoms with Gasteiger partial charge in [0.1, 0.15) is 0 Å². The number of hydrogen-bond donors (Lipinski definition) is 2. The molecule has 0 saturated heterocycles. The van der Waals surface area contributed by atoms with Crippen molar-refractivity contribution in [2.24, 2.45) is 5.92 Å². The molecule has 1 aliphatic heterocycles. The molecule has 0 unspecified atom stereocenters. The predicted octanol–water partition coefficient (Wildman–Crippen LogP) is 10.6. The van der Waals surface area contributed by atoms with Crippen molar-refractivity contribution >= 4 is 5.69 Å². The van der Waals surface area contributed by atoms with Crippen molar-refractivity contribution in [3.8, 4) is 0 Å². The van der Waals surface area contributed by atoms with E-state index in [-0.39, 0.29) is 0 Å². The molecule has 2 N–H and O–H groups in total. The zero-order valence-electron chi connectivity index (χ0n) is 27.5. The fraction of sp³-hybridized carbons (Fsp3) is 0.514. The summed E-state index contributed by atoms with van der Waals surface area (Å²) in [6, 6.07) is 8.76. The van der Waals surface area contributed by atoms with Gasteiger partial charge < -0.3 is 15.5 Å². The van der Waals surface area contributed by atoms with Crippen molar-refractivity contribution in [3.05, 3.63) is 102 Å². The van der Waals surface area contributed by atoms with Crippen molar-refractivity contribution in [1.29, 1.82) is 0 Å². The third-order valence-corrected chi connectivity index (χ3v) is 6.55. The molecule has 3 nitrogen and oxygen atoms in total. The van der Waals surface area contributed by atoms with Gasteiger partial charge in [-0.3, -0.25) is 0 Å². The van der Waals surface area contributed by atoms with E-state index in [1.807, 2.05) is 19.9 Å². The lowest BCUT2D eigenvalue weighted by Crippen LogP contribution is -2.30. The van der Waals surface area contributed by atoms with Gasteiger partial charge in [-0.2, -0.15) is 0 Å². The Kier molecular flexibility index (Phi) is 21.2. The average molecular weight is 548 g/mol. The Balaban J connectivity index is 0.00000168. The van der Waals surface area contributed by atoms with E-state index in [0.717, 1.165) is 62.7 Å². The number of nitrogens with one attached hydrogen (secondary N) is 2. The highest BCUT2D eigenvalue weighted by molar-refractivity contribution is 5.48. The SMILES string of the molecule is C=C(Nc1ccc(CCC)cc1)N(CCCC)CC1=CC=C(/C(C)=C\C(C)=C/C)NCC1.C=CCC(C)C.CC. The molecule has 0 aromatic heterocycles. The summed E-state index contributed by atoms with van der Waals surface area (Å²) in [5, 5.41) is 7.14. The van der Waals surface area contributed by atoms with Gasteiger partial charge in [-0.15, -0.1) is 6.58 Å². The van der Waals surface area contributed by atoms with E-state index >= 15 is 0 Å². The van der Waals surface area contributed by atoms with Crippen LogP contribution in [0.5, 0.6) is 0 Å². The van der Waals surface area contributed by atoms with Gasteiger partial charge in [0, 0.05) is 31.0 Å². The minimum atomic E-state index is 0.780. The van der Waals surface area contributed by atoms with Crippen molar-refractivity contribution in [1.82, 2.24) is 10.2 Å². The highest BCUT2D eigenvalue weighted by Crippen LogP contribution is 2.19.